The van der Waals surface area contributed by atoms with Crippen LogP contribution in [0, 0.1) is 5.92 Å². The number of fused-ring (bicyclic) bond motifs is 1. The molecule has 2 atom stereocenters. The van der Waals surface area contributed by atoms with Crippen LogP contribution < -0.4 is 4.90 Å². The Morgan fingerprint density at radius 2 is 1.81 bits per heavy atom. The molecule has 1 aromatic rings. The average molecular weight is 404 g/mol. The Hall–Kier alpha value is -1.55. The van der Waals surface area contributed by atoms with Crippen LogP contribution >= 0.6 is 11.8 Å². The molecule has 0 N–H and O–H groups in total. The second-order valence-corrected chi connectivity index (χ2v) is 10.1. The van der Waals surface area contributed by atoms with Gasteiger partial charge in [-0.15, -0.1) is 0 Å². The smallest absolute Gasteiger partial charge is 0.316 e. The minimum Gasteiger partial charge on any atom is -0.316 e. The number of nitrogens with zero attached hydrogens (tertiary/aromatic N) is 2. The van der Waals surface area contributed by atoms with Crippen LogP contribution in [0.4, 0.5) is 18.9 Å². The molecule has 4 rings (SSSR count). The normalized spacial score (nSPS) is 29.2. The molecule has 10 heteroatoms. The van der Waals surface area contributed by atoms with Crippen LogP contribution in [0.1, 0.15) is 18.4 Å². The van der Waals surface area contributed by atoms with Gasteiger partial charge in [-0.05, 0) is 37.1 Å². The fourth-order valence-electron chi connectivity index (χ4n) is 3.19. The Morgan fingerprint density at radius 3 is 2.38 bits per heavy atom. The first-order valence-corrected chi connectivity index (χ1v) is 10.8. The van der Waals surface area contributed by atoms with E-state index in [0.29, 0.717) is 10.9 Å². The first-order valence-electron chi connectivity index (χ1n) is 8.10. The molecule has 0 spiro atoms. The van der Waals surface area contributed by atoms with E-state index in [4.69, 9.17) is 0 Å². The summed E-state index contributed by atoms with van der Waals surface area (Å²) in [6, 6.07) is 4.09. The van der Waals surface area contributed by atoms with Crippen molar-refractivity contribution in [3.8, 4) is 0 Å². The number of hydrogen-bond donors (Lipinski definition) is 0. The Balaban J connectivity index is 1.69. The van der Waals surface area contributed by atoms with Gasteiger partial charge in [0.25, 0.3) is 5.91 Å². The van der Waals surface area contributed by atoms with Crippen molar-refractivity contribution in [3.63, 3.8) is 0 Å². The number of sulfone groups is 1. The van der Waals surface area contributed by atoms with Crippen LogP contribution in [0.2, 0.25) is 0 Å². The number of aliphatic imine (C=N–C) groups is 1. The Labute approximate surface area is 152 Å². The number of amidine groups is 1. The lowest BCUT2D eigenvalue weighted by molar-refractivity contribution is -0.137. The van der Waals surface area contributed by atoms with Crippen molar-refractivity contribution < 1.29 is 26.4 Å². The second-order valence-electron chi connectivity index (χ2n) is 6.72. The van der Waals surface area contributed by atoms with E-state index in [9.17, 15) is 26.4 Å². The predicted molar refractivity (Wildman–Crippen MR) is 92.9 cm³/mol. The van der Waals surface area contributed by atoms with Crippen LogP contribution in [-0.4, -0.2) is 42.3 Å². The SMILES string of the molecule is O=C(N=C1S[C@@H]2CS(=O)(=O)C[C@H]2N1c1ccc(C(F)(F)F)cc1)C1CC1. The summed E-state index contributed by atoms with van der Waals surface area (Å²) in [7, 11) is -3.22. The molecular weight excluding hydrogens is 389 g/mol. The number of carbonyl (C=O) groups is 1. The standard InChI is InChI=1S/C16H15F3N2O3S2/c17-16(18,19)10-3-5-11(6-4-10)21-12-7-26(23,24)8-13(12)25-15(21)20-14(22)9-1-2-9/h3-6,9,12-13H,1-2,7-8H2/t12-,13-/m1/s1. The van der Waals surface area contributed by atoms with Crippen molar-refractivity contribution in [3.05, 3.63) is 29.8 Å². The number of carbonyl (C=O) groups excluding carboxylic acids is 1. The van der Waals surface area contributed by atoms with Gasteiger partial charge in [-0.2, -0.15) is 18.2 Å². The van der Waals surface area contributed by atoms with Crippen LogP contribution in [-0.2, 0) is 20.8 Å². The van der Waals surface area contributed by atoms with Gasteiger partial charge in [0.2, 0.25) is 0 Å². The molecule has 5 nitrogen and oxygen atoms in total. The zero-order valence-corrected chi connectivity index (χ0v) is 15.1. The number of thioether (sulfide) groups is 1. The van der Waals surface area contributed by atoms with Gasteiger partial charge < -0.3 is 4.90 Å². The van der Waals surface area contributed by atoms with E-state index in [2.05, 4.69) is 4.99 Å². The third kappa shape index (κ3) is 3.36. The van der Waals surface area contributed by atoms with E-state index in [1.165, 1.54) is 23.9 Å². The molecule has 2 aliphatic heterocycles. The molecule has 1 saturated carbocycles. The predicted octanol–water partition coefficient (Wildman–Crippen LogP) is 2.72. The van der Waals surface area contributed by atoms with Crippen LogP contribution in [0.5, 0.6) is 0 Å². The highest BCUT2D eigenvalue weighted by molar-refractivity contribution is 8.16. The van der Waals surface area contributed by atoms with Crippen molar-refractivity contribution in [2.24, 2.45) is 10.9 Å². The summed E-state index contributed by atoms with van der Waals surface area (Å²) in [6.07, 6.45) is -2.86. The van der Waals surface area contributed by atoms with Gasteiger partial charge in [0.1, 0.15) is 0 Å². The Morgan fingerprint density at radius 1 is 1.15 bits per heavy atom. The summed E-state index contributed by atoms with van der Waals surface area (Å²) in [5.74, 6) is -0.438. The number of hydrogen-bond acceptors (Lipinski definition) is 4. The molecule has 26 heavy (non-hydrogen) atoms. The van der Waals surface area contributed by atoms with Crippen molar-refractivity contribution in [2.45, 2.75) is 30.3 Å². The maximum absolute atomic E-state index is 12.8. The monoisotopic (exact) mass is 404 g/mol. The summed E-state index contributed by atoms with van der Waals surface area (Å²) in [4.78, 5) is 17.8. The second kappa shape index (κ2) is 5.98. The van der Waals surface area contributed by atoms with E-state index >= 15 is 0 Å². The summed E-state index contributed by atoms with van der Waals surface area (Å²) in [5.41, 5.74) is -0.367. The maximum atomic E-state index is 12.8. The lowest BCUT2D eigenvalue weighted by Gasteiger charge is -2.24. The third-order valence-corrected chi connectivity index (χ3v) is 7.88. The Bertz CT molecular complexity index is 877. The van der Waals surface area contributed by atoms with E-state index in [1.54, 1.807) is 4.90 Å². The van der Waals surface area contributed by atoms with Crippen molar-refractivity contribution in [2.75, 3.05) is 16.4 Å². The molecule has 1 amide bonds. The molecular formula is C16H15F3N2O3S2. The van der Waals surface area contributed by atoms with Gasteiger partial charge >= 0.3 is 6.18 Å². The number of alkyl halides is 3. The van der Waals surface area contributed by atoms with Crippen molar-refractivity contribution in [1.29, 1.82) is 0 Å². The fourth-order valence-corrected chi connectivity index (χ4v) is 7.11. The number of rotatable bonds is 2. The average Bonchev–Trinajstić information content (AvgIpc) is 3.27. The van der Waals surface area contributed by atoms with Crippen molar-refractivity contribution >= 4 is 38.4 Å². The highest BCUT2D eigenvalue weighted by Gasteiger charge is 2.49. The van der Waals surface area contributed by atoms with Gasteiger partial charge in [0.05, 0.1) is 23.1 Å². The first kappa shape index (κ1) is 17.8. The highest BCUT2D eigenvalue weighted by atomic mass is 32.2. The summed E-state index contributed by atoms with van der Waals surface area (Å²) < 4.78 is 62.3. The van der Waals surface area contributed by atoms with Gasteiger partial charge in [-0.25, -0.2) is 8.42 Å². The molecule has 1 aromatic carbocycles. The molecule has 0 aromatic heterocycles. The van der Waals surface area contributed by atoms with E-state index in [1.807, 2.05) is 0 Å². The third-order valence-electron chi connectivity index (χ3n) is 4.67. The number of benzene rings is 1. The number of anilines is 1. The minimum atomic E-state index is -4.45. The number of amides is 1. The van der Waals surface area contributed by atoms with E-state index in [0.717, 1.165) is 25.0 Å². The molecule has 2 heterocycles. The molecule has 0 unspecified atom stereocenters. The first-order chi connectivity index (χ1) is 12.1. The summed E-state index contributed by atoms with van der Waals surface area (Å²) in [5, 5.41) is 0.111. The highest BCUT2D eigenvalue weighted by Crippen LogP contribution is 2.42. The Kier molecular flexibility index (Phi) is 4.11. The van der Waals surface area contributed by atoms with Crippen LogP contribution in [0.15, 0.2) is 29.3 Å². The quantitative estimate of drug-likeness (QED) is 0.758. The zero-order chi connectivity index (χ0) is 18.7. The van der Waals surface area contributed by atoms with E-state index < -0.39 is 27.6 Å². The largest absolute Gasteiger partial charge is 0.416 e. The van der Waals surface area contributed by atoms with Gasteiger partial charge in [-0.1, -0.05) is 11.8 Å². The van der Waals surface area contributed by atoms with Crippen LogP contribution in [0.25, 0.3) is 0 Å². The molecule has 2 saturated heterocycles. The number of halogens is 3. The fraction of sp³-hybridized carbons (Fsp3) is 0.500. The minimum absolute atomic E-state index is 0.0178. The molecule has 3 fully saturated rings. The molecule has 3 aliphatic rings. The molecule has 0 radical (unpaired) electrons. The molecule has 0 bridgehead atoms. The lowest BCUT2D eigenvalue weighted by atomic mass is 10.1. The summed E-state index contributed by atoms with van der Waals surface area (Å²) >= 11 is 1.22. The zero-order valence-electron chi connectivity index (χ0n) is 13.4. The summed E-state index contributed by atoms with van der Waals surface area (Å²) in [6.45, 7) is 0. The topological polar surface area (TPSA) is 66.8 Å². The van der Waals surface area contributed by atoms with Crippen molar-refractivity contribution in [1.82, 2.24) is 0 Å². The molecule has 1 aliphatic carbocycles. The van der Waals surface area contributed by atoms with Gasteiger partial charge in [0.15, 0.2) is 15.0 Å². The van der Waals surface area contributed by atoms with Gasteiger partial charge in [-0.3, -0.25) is 4.79 Å². The van der Waals surface area contributed by atoms with Crippen LogP contribution in [0.3, 0.4) is 0 Å². The van der Waals surface area contributed by atoms with Gasteiger partial charge in [0, 0.05) is 16.9 Å². The maximum Gasteiger partial charge on any atom is 0.416 e. The molecule has 140 valence electrons. The van der Waals surface area contributed by atoms with E-state index in [-0.39, 0.29) is 28.6 Å². The lowest BCUT2D eigenvalue weighted by Crippen LogP contribution is -2.37.